The van der Waals surface area contributed by atoms with E-state index in [1.165, 1.54) is 12.3 Å². The fourth-order valence-corrected chi connectivity index (χ4v) is 0.550. The van der Waals surface area contributed by atoms with Gasteiger partial charge in [0.25, 0.3) is 5.56 Å². The van der Waals surface area contributed by atoms with Crippen LogP contribution in [0.5, 0.6) is 0 Å². The number of aromatic amines is 1. The van der Waals surface area contributed by atoms with Gasteiger partial charge >= 0.3 is 6.03 Å². The fourth-order valence-electron chi connectivity index (χ4n) is 0.550. The number of rotatable bonds is 1. The second kappa shape index (κ2) is 4.12. The molecule has 1 heterocycles. The largest absolute Gasteiger partial charge is 0.351 e. The number of aromatic nitrogens is 2. The molecule has 6 heteroatoms. The lowest BCUT2D eigenvalue weighted by Crippen LogP contribution is -2.22. The van der Waals surface area contributed by atoms with Crippen LogP contribution in [0.4, 0.5) is 10.7 Å². The number of H-pyrrole nitrogens is 1. The van der Waals surface area contributed by atoms with Gasteiger partial charge in [-0.1, -0.05) is 7.43 Å². The van der Waals surface area contributed by atoms with Gasteiger partial charge in [0.2, 0.25) is 5.95 Å². The SMILES string of the molecule is C.NC(=O)Nc1nccc(=O)[nH]1. The minimum Gasteiger partial charge on any atom is -0.351 e. The van der Waals surface area contributed by atoms with Gasteiger partial charge in [0.05, 0.1) is 0 Å². The number of nitrogens with zero attached hydrogens (tertiary/aromatic N) is 1. The highest BCUT2D eigenvalue weighted by Crippen LogP contribution is 1.87. The molecule has 0 aliphatic rings. The van der Waals surface area contributed by atoms with Crippen molar-refractivity contribution in [3.05, 3.63) is 22.6 Å². The summed E-state index contributed by atoms with van der Waals surface area (Å²) < 4.78 is 0. The van der Waals surface area contributed by atoms with E-state index in [4.69, 9.17) is 5.73 Å². The number of anilines is 1. The summed E-state index contributed by atoms with van der Waals surface area (Å²) in [4.78, 5) is 26.7. The predicted molar refractivity (Wildman–Crippen MR) is 44.8 cm³/mol. The zero-order chi connectivity index (χ0) is 8.27. The first-order valence-electron chi connectivity index (χ1n) is 2.80. The van der Waals surface area contributed by atoms with E-state index in [-0.39, 0.29) is 18.9 Å². The second-order valence-electron chi connectivity index (χ2n) is 1.77. The summed E-state index contributed by atoms with van der Waals surface area (Å²) in [6.45, 7) is 0. The molecule has 0 saturated carbocycles. The van der Waals surface area contributed by atoms with Crippen molar-refractivity contribution in [3.8, 4) is 0 Å². The van der Waals surface area contributed by atoms with Gasteiger partial charge in [-0.2, -0.15) is 0 Å². The molecule has 0 radical (unpaired) electrons. The highest BCUT2D eigenvalue weighted by atomic mass is 16.2. The lowest BCUT2D eigenvalue weighted by Gasteiger charge is -1.96. The van der Waals surface area contributed by atoms with Gasteiger partial charge in [0, 0.05) is 12.3 Å². The van der Waals surface area contributed by atoms with Gasteiger partial charge in [-0.3, -0.25) is 15.1 Å². The lowest BCUT2D eigenvalue weighted by molar-refractivity contribution is 0.259. The topological polar surface area (TPSA) is 101 Å². The first-order chi connectivity index (χ1) is 5.18. The summed E-state index contributed by atoms with van der Waals surface area (Å²) in [5, 5.41) is 2.12. The Morgan fingerprint density at radius 3 is 2.83 bits per heavy atom. The number of carbonyl (C=O) groups excluding carboxylic acids is 1. The van der Waals surface area contributed by atoms with Crippen LogP contribution in [0, 0.1) is 0 Å². The van der Waals surface area contributed by atoms with Gasteiger partial charge in [-0.25, -0.2) is 9.78 Å². The molecule has 0 fully saturated rings. The van der Waals surface area contributed by atoms with E-state index in [1.54, 1.807) is 0 Å². The molecule has 0 aromatic carbocycles. The summed E-state index contributed by atoms with van der Waals surface area (Å²) in [7, 11) is 0. The Kier molecular flexibility index (Phi) is 3.48. The van der Waals surface area contributed by atoms with Crippen LogP contribution in [-0.2, 0) is 0 Å². The van der Waals surface area contributed by atoms with Crippen LogP contribution in [0.2, 0.25) is 0 Å². The maximum Gasteiger partial charge on any atom is 0.318 e. The number of amides is 2. The van der Waals surface area contributed by atoms with Gasteiger partial charge in [0.15, 0.2) is 0 Å². The Morgan fingerprint density at radius 1 is 1.67 bits per heavy atom. The minimum absolute atomic E-state index is 0. The third kappa shape index (κ3) is 2.82. The minimum atomic E-state index is -0.764. The first-order valence-corrected chi connectivity index (χ1v) is 2.80. The third-order valence-electron chi connectivity index (χ3n) is 0.913. The maximum atomic E-state index is 10.6. The molecule has 0 bridgehead atoms. The molecule has 0 spiro atoms. The van der Waals surface area contributed by atoms with Crippen LogP contribution in [-0.4, -0.2) is 16.0 Å². The molecule has 0 unspecified atom stereocenters. The van der Waals surface area contributed by atoms with Crippen molar-refractivity contribution in [3.63, 3.8) is 0 Å². The van der Waals surface area contributed by atoms with E-state index in [0.29, 0.717) is 0 Å². The van der Waals surface area contributed by atoms with E-state index in [0.717, 1.165) is 0 Å². The normalized spacial score (nSPS) is 8.33. The second-order valence-corrected chi connectivity index (χ2v) is 1.77. The zero-order valence-electron chi connectivity index (χ0n) is 5.50. The molecule has 66 valence electrons. The van der Waals surface area contributed by atoms with Crippen molar-refractivity contribution in [2.75, 3.05) is 5.32 Å². The van der Waals surface area contributed by atoms with E-state index < -0.39 is 6.03 Å². The molecule has 1 aromatic rings. The van der Waals surface area contributed by atoms with Crippen molar-refractivity contribution in [2.45, 2.75) is 7.43 Å². The monoisotopic (exact) mass is 170 g/mol. The molecule has 4 N–H and O–H groups in total. The average Bonchev–Trinajstić information content (AvgIpc) is 1.85. The number of nitrogens with one attached hydrogen (secondary N) is 2. The molecule has 12 heavy (non-hydrogen) atoms. The molecule has 6 nitrogen and oxygen atoms in total. The van der Waals surface area contributed by atoms with Crippen molar-refractivity contribution in [1.82, 2.24) is 9.97 Å². The smallest absolute Gasteiger partial charge is 0.318 e. The summed E-state index contributed by atoms with van der Waals surface area (Å²) in [6.07, 6.45) is 1.27. The molecule has 1 rings (SSSR count). The number of primary amides is 1. The summed E-state index contributed by atoms with van der Waals surface area (Å²) in [5.41, 5.74) is 4.42. The lowest BCUT2D eigenvalue weighted by atomic mass is 10.6. The Balaban J connectivity index is 0.00000121. The van der Waals surface area contributed by atoms with Gasteiger partial charge < -0.3 is 5.73 Å². The number of urea groups is 1. The van der Waals surface area contributed by atoms with Crippen molar-refractivity contribution < 1.29 is 4.79 Å². The number of hydrogen-bond acceptors (Lipinski definition) is 3. The quantitative estimate of drug-likeness (QED) is 0.548. The van der Waals surface area contributed by atoms with Crippen LogP contribution in [0.3, 0.4) is 0 Å². The van der Waals surface area contributed by atoms with Gasteiger partial charge in [0.1, 0.15) is 0 Å². The van der Waals surface area contributed by atoms with Gasteiger partial charge in [-0.15, -0.1) is 0 Å². The van der Waals surface area contributed by atoms with Crippen LogP contribution >= 0.6 is 0 Å². The van der Waals surface area contributed by atoms with Gasteiger partial charge in [-0.05, 0) is 0 Å². The van der Waals surface area contributed by atoms with Crippen LogP contribution < -0.4 is 16.6 Å². The van der Waals surface area contributed by atoms with Crippen molar-refractivity contribution >= 4 is 12.0 Å². The molecular formula is C6H10N4O2. The molecule has 2 amide bonds. The number of hydrogen-bond donors (Lipinski definition) is 3. The number of carbonyl (C=O) groups is 1. The molecule has 0 saturated heterocycles. The van der Waals surface area contributed by atoms with Crippen molar-refractivity contribution in [2.24, 2.45) is 5.73 Å². The predicted octanol–water partition coefficient (Wildman–Crippen LogP) is -0.103. The Morgan fingerprint density at radius 2 is 2.33 bits per heavy atom. The fraction of sp³-hybridized carbons (Fsp3) is 0.167. The zero-order valence-corrected chi connectivity index (χ0v) is 5.50. The van der Waals surface area contributed by atoms with Crippen molar-refractivity contribution in [1.29, 1.82) is 0 Å². The van der Waals surface area contributed by atoms with Crippen LogP contribution in [0.15, 0.2) is 17.1 Å². The molecule has 1 aromatic heterocycles. The summed E-state index contributed by atoms with van der Waals surface area (Å²) in [5.74, 6) is 0.0463. The molecule has 0 aliphatic heterocycles. The summed E-state index contributed by atoms with van der Waals surface area (Å²) in [6, 6.07) is 0.464. The maximum absolute atomic E-state index is 10.6. The summed E-state index contributed by atoms with van der Waals surface area (Å²) >= 11 is 0. The molecular weight excluding hydrogens is 160 g/mol. The van der Waals surface area contributed by atoms with Crippen LogP contribution in [0.25, 0.3) is 0 Å². The average molecular weight is 170 g/mol. The van der Waals surface area contributed by atoms with Crippen LogP contribution in [0.1, 0.15) is 7.43 Å². The van der Waals surface area contributed by atoms with E-state index in [2.05, 4.69) is 15.3 Å². The van der Waals surface area contributed by atoms with E-state index in [9.17, 15) is 9.59 Å². The first kappa shape index (κ1) is 10.2. The Bertz CT molecular complexity index is 319. The highest BCUT2D eigenvalue weighted by Gasteiger charge is 1.95. The van der Waals surface area contributed by atoms with E-state index in [1.807, 2.05) is 0 Å². The Labute approximate surface area is 68.8 Å². The molecule has 0 aliphatic carbocycles. The Hall–Kier alpha value is -1.85. The standard InChI is InChI=1S/C5H6N4O2.CH4/c6-4(11)9-5-7-2-1-3(10)8-5;/h1-2H,(H4,6,7,8,9,10,11);1H4. The number of nitrogens with two attached hydrogens (primary N) is 1. The molecule has 0 atom stereocenters. The highest BCUT2D eigenvalue weighted by molar-refractivity contribution is 5.85. The third-order valence-corrected chi connectivity index (χ3v) is 0.913. The van der Waals surface area contributed by atoms with E-state index >= 15 is 0 Å².